The number of carbonyl (C=O) groups is 1. The summed E-state index contributed by atoms with van der Waals surface area (Å²) in [6.45, 7) is 12.5. The minimum Gasteiger partial charge on any atom is -0.493 e. The van der Waals surface area contributed by atoms with Crippen molar-refractivity contribution in [3.63, 3.8) is 0 Å². The van der Waals surface area contributed by atoms with Gasteiger partial charge in [0.05, 0.1) is 23.2 Å². The predicted molar refractivity (Wildman–Crippen MR) is 127 cm³/mol. The lowest BCUT2D eigenvalue weighted by Gasteiger charge is -2.30. The molecule has 31 heavy (non-hydrogen) atoms. The van der Waals surface area contributed by atoms with Gasteiger partial charge in [0.1, 0.15) is 11.6 Å². The van der Waals surface area contributed by atoms with Crippen molar-refractivity contribution in [2.45, 2.75) is 46.7 Å². The van der Waals surface area contributed by atoms with Gasteiger partial charge in [0, 0.05) is 35.8 Å². The number of hydrogen-bond donors (Lipinski definition) is 2. The number of H-pyrrole nitrogens is 1. The molecule has 1 amide bonds. The molecular formula is C24H31ClN4O2. The molecule has 0 atom stereocenters. The minimum atomic E-state index is -0.114. The van der Waals surface area contributed by atoms with Crippen LogP contribution in [0.15, 0.2) is 36.4 Å². The standard InChI is InChI=1S/C24H31ClN4O2/c1-6-31-22-13-17(24(30)26-11-12-29(15(2)3)16(4)5)7-9-19(22)23-27-20-10-8-18(25)14-21(20)28-23/h7-10,13-16H,6,11-12H2,1-5H3,(H,26,30)(H,27,28). The Morgan fingerprint density at radius 1 is 1.16 bits per heavy atom. The third-order valence-corrected chi connectivity index (χ3v) is 5.46. The minimum absolute atomic E-state index is 0.114. The number of halogens is 1. The summed E-state index contributed by atoms with van der Waals surface area (Å²) in [5.41, 5.74) is 3.04. The summed E-state index contributed by atoms with van der Waals surface area (Å²) >= 11 is 6.09. The summed E-state index contributed by atoms with van der Waals surface area (Å²) < 4.78 is 5.83. The summed E-state index contributed by atoms with van der Waals surface area (Å²) in [5, 5.41) is 3.67. The van der Waals surface area contributed by atoms with Gasteiger partial charge in [-0.25, -0.2) is 4.98 Å². The largest absolute Gasteiger partial charge is 0.493 e. The molecule has 0 saturated heterocycles. The zero-order valence-electron chi connectivity index (χ0n) is 18.8. The SMILES string of the molecule is CCOc1cc(C(=O)NCCN(C(C)C)C(C)C)ccc1-c1nc2ccc(Cl)cc2[nH]1. The van der Waals surface area contributed by atoms with Gasteiger partial charge < -0.3 is 15.0 Å². The lowest BCUT2D eigenvalue weighted by molar-refractivity contribution is 0.0939. The number of amides is 1. The number of carbonyl (C=O) groups excluding carboxylic acids is 1. The third-order valence-electron chi connectivity index (χ3n) is 5.22. The molecule has 0 unspecified atom stereocenters. The number of nitrogens with zero attached hydrogens (tertiary/aromatic N) is 2. The van der Waals surface area contributed by atoms with E-state index in [9.17, 15) is 4.79 Å². The molecule has 0 spiro atoms. The maximum Gasteiger partial charge on any atom is 0.251 e. The predicted octanol–water partition coefficient (Wildman–Crippen LogP) is 5.13. The van der Waals surface area contributed by atoms with E-state index in [0.717, 1.165) is 23.1 Å². The number of aromatic amines is 1. The van der Waals surface area contributed by atoms with Crippen LogP contribution in [0.25, 0.3) is 22.4 Å². The fourth-order valence-electron chi connectivity index (χ4n) is 3.76. The van der Waals surface area contributed by atoms with E-state index in [1.165, 1.54) is 0 Å². The Morgan fingerprint density at radius 2 is 1.90 bits per heavy atom. The number of nitrogens with one attached hydrogen (secondary N) is 2. The van der Waals surface area contributed by atoms with E-state index < -0.39 is 0 Å². The van der Waals surface area contributed by atoms with Crippen molar-refractivity contribution in [3.05, 3.63) is 47.0 Å². The first-order chi connectivity index (χ1) is 14.8. The summed E-state index contributed by atoms with van der Waals surface area (Å²) in [6, 6.07) is 11.8. The quantitative estimate of drug-likeness (QED) is 0.482. The molecule has 2 N–H and O–H groups in total. The Kier molecular flexibility index (Phi) is 7.57. The van der Waals surface area contributed by atoms with Crippen LogP contribution in [-0.2, 0) is 0 Å². The molecule has 0 aliphatic heterocycles. The molecule has 0 radical (unpaired) electrons. The van der Waals surface area contributed by atoms with E-state index in [0.29, 0.717) is 47.4 Å². The molecule has 0 bridgehead atoms. The summed E-state index contributed by atoms with van der Waals surface area (Å²) in [7, 11) is 0. The van der Waals surface area contributed by atoms with Crippen LogP contribution >= 0.6 is 11.6 Å². The van der Waals surface area contributed by atoms with Gasteiger partial charge in [-0.1, -0.05) is 11.6 Å². The first-order valence-electron chi connectivity index (χ1n) is 10.8. The molecule has 7 heteroatoms. The topological polar surface area (TPSA) is 70.2 Å². The second-order valence-electron chi connectivity index (χ2n) is 8.07. The number of imidazole rings is 1. The van der Waals surface area contributed by atoms with Gasteiger partial charge >= 0.3 is 0 Å². The Labute approximate surface area is 189 Å². The van der Waals surface area contributed by atoms with E-state index >= 15 is 0 Å². The molecule has 0 aliphatic rings. The van der Waals surface area contributed by atoms with Gasteiger partial charge in [-0.3, -0.25) is 9.69 Å². The smallest absolute Gasteiger partial charge is 0.251 e. The fraction of sp³-hybridized carbons (Fsp3) is 0.417. The Bertz CT molecular complexity index is 1040. The lowest BCUT2D eigenvalue weighted by Crippen LogP contribution is -2.42. The highest BCUT2D eigenvalue weighted by Gasteiger charge is 2.16. The highest BCUT2D eigenvalue weighted by Crippen LogP contribution is 2.31. The van der Waals surface area contributed by atoms with Gasteiger partial charge in [0.25, 0.3) is 5.91 Å². The fourth-order valence-corrected chi connectivity index (χ4v) is 3.93. The summed E-state index contributed by atoms with van der Waals surface area (Å²) in [6.07, 6.45) is 0. The van der Waals surface area contributed by atoms with Crippen molar-refractivity contribution in [2.24, 2.45) is 0 Å². The third kappa shape index (κ3) is 5.57. The zero-order chi connectivity index (χ0) is 22.5. The van der Waals surface area contributed by atoms with Crippen LogP contribution in [0.5, 0.6) is 5.75 Å². The maximum atomic E-state index is 12.7. The van der Waals surface area contributed by atoms with Crippen LogP contribution < -0.4 is 10.1 Å². The number of benzene rings is 2. The first-order valence-corrected chi connectivity index (χ1v) is 11.1. The highest BCUT2D eigenvalue weighted by molar-refractivity contribution is 6.31. The molecule has 166 valence electrons. The van der Waals surface area contributed by atoms with Crippen molar-refractivity contribution < 1.29 is 9.53 Å². The van der Waals surface area contributed by atoms with Gasteiger partial charge in [0.2, 0.25) is 0 Å². The molecule has 0 aliphatic carbocycles. The molecule has 1 aromatic heterocycles. The van der Waals surface area contributed by atoms with E-state index in [-0.39, 0.29) is 5.91 Å². The van der Waals surface area contributed by atoms with Crippen LogP contribution in [0.1, 0.15) is 45.0 Å². The van der Waals surface area contributed by atoms with Crippen molar-refractivity contribution >= 4 is 28.5 Å². The Morgan fingerprint density at radius 3 is 2.58 bits per heavy atom. The van der Waals surface area contributed by atoms with E-state index in [1.807, 2.05) is 31.2 Å². The maximum absolute atomic E-state index is 12.7. The van der Waals surface area contributed by atoms with Gasteiger partial charge in [-0.15, -0.1) is 0 Å². The number of aromatic nitrogens is 2. The lowest BCUT2D eigenvalue weighted by atomic mass is 10.1. The van der Waals surface area contributed by atoms with Crippen molar-refractivity contribution in [3.8, 4) is 17.1 Å². The molecule has 3 aromatic rings. The molecule has 0 fully saturated rings. The second kappa shape index (κ2) is 10.2. The van der Waals surface area contributed by atoms with Crippen LogP contribution in [0.3, 0.4) is 0 Å². The van der Waals surface area contributed by atoms with Crippen molar-refractivity contribution in [1.82, 2.24) is 20.2 Å². The van der Waals surface area contributed by atoms with Gasteiger partial charge in [-0.2, -0.15) is 0 Å². The normalized spacial score (nSPS) is 11.6. The summed E-state index contributed by atoms with van der Waals surface area (Å²) in [5.74, 6) is 1.18. The number of rotatable bonds is 9. The van der Waals surface area contributed by atoms with E-state index in [4.69, 9.17) is 16.3 Å². The van der Waals surface area contributed by atoms with Gasteiger partial charge in [-0.05, 0) is 71.0 Å². The Balaban J connectivity index is 1.78. The van der Waals surface area contributed by atoms with Crippen molar-refractivity contribution in [2.75, 3.05) is 19.7 Å². The number of ether oxygens (including phenoxy) is 1. The Hall–Kier alpha value is -2.57. The molecule has 1 heterocycles. The molecular weight excluding hydrogens is 412 g/mol. The number of hydrogen-bond acceptors (Lipinski definition) is 4. The molecule has 0 saturated carbocycles. The molecule has 6 nitrogen and oxygen atoms in total. The monoisotopic (exact) mass is 442 g/mol. The van der Waals surface area contributed by atoms with Crippen LogP contribution in [0.4, 0.5) is 0 Å². The second-order valence-corrected chi connectivity index (χ2v) is 8.51. The summed E-state index contributed by atoms with van der Waals surface area (Å²) in [4.78, 5) is 23.0. The van der Waals surface area contributed by atoms with E-state index in [1.54, 1.807) is 12.1 Å². The van der Waals surface area contributed by atoms with E-state index in [2.05, 4.69) is 47.9 Å². The van der Waals surface area contributed by atoms with Crippen molar-refractivity contribution in [1.29, 1.82) is 0 Å². The average molecular weight is 443 g/mol. The molecule has 2 aromatic carbocycles. The molecule has 3 rings (SSSR count). The van der Waals surface area contributed by atoms with Crippen LogP contribution in [-0.4, -0.2) is 52.6 Å². The van der Waals surface area contributed by atoms with Gasteiger partial charge in [0.15, 0.2) is 0 Å². The highest BCUT2D eigenvalue weighted by atomic mass is 35.5. The number of fused-ring (bicyclic) bond motifs is 1. The first kappa shape index (κ1) is 23.1. The average Bonchev–Trinajstić information content (AvgIpc) is 3.13. The zero-order valence-corrected chi connectivity index (χ0v) is 19.6. The van der Waals surface area contributed by atoms with Crippen LogP contribution in [0.2, 0.25) is 5.02 Å². The van der Waals surface area contributed by atoms with Crippen LogP contribution in [0, 0.1) is 0 Å².